The minimum absolute atomic E-state index is 0.170. The van der Waals surface area contributed by atoms with Crippen molar-refractivity contribution in [3.8, 4) is 0 Å². The van der Waals surface area contributed by atoms with Crippen molar-refractivity contribution < 1.29 is 23.9 Å². The van der Waals surface area contributed by atoms with Gasteiger partial charge in [-0.3, -0.25) is 9.59 Å². The van der Waals surface area contributed by atoms with Crippen LogP contribution >= 0.6 is 11.8 Å². The smallest absolute Gasteiger partial charge is 0.328 e. The zero-order valence-electron chi connectivity index (χ0n) is 20.5. The third-order valence-electron chi connectivity index (χ3n) is 5.38. The molecular formula is C24H34N4O5S. The number of thioether (sulfide) groups is 1. The average Bonchev–Trinajstić information content (AvgIpc) is 3.20. The molecule has 10 heteroatoms. The zero-order chi connectivity index (χ0) is 25.4. The van der Waals surface area contributed by atoms with E-state index in [1.165, 1.54) is 18.1 Å². The number of esters is 1. The van der Waals surface area contributed by atoms with E-state index in [2.05, 4.69) is 16.0 Å². The first-order chi connectivity index (χ1) is 16.0. The van der Waals surface area contributed by atoms with Gasteiger partial charge < -0.3 is 25.6 Å². The van der Waals surface area contributed by atoms with Gasteiger partial charge in [-0.25, -0.2) is 9.59 Å². The van der Waals surface area contributed by atoms with Crippen LogP contribution in [-0.2, 0) is 19.1 Å². The van der Waals surface area contributed by atoms with Gasteiger partial charge in [0.25, 0.3) is 0 Å². The maximum absolute atomic E-state index is 13.1. The Hall–Kier alpha value is -3.01. The maximum Gasteiger partial charge on any atom is 0.328 e. The summed E-state index contributed by atoms with van der Waals surface area (Å²) in [7, 11) is 1.26. The van der Waals surface area contributed by atoms with E-state index < -0.39 is 36.0 Å². The highest BCUT2D eigenvalue weighted by Crippen LogP contribution is 2.22. The summed E-state index contributed by atoms with van der Waals surface area (Å²) in [5.74, 6) is -1.53. The molecule has 2 rings (SSSR count). The number of carbonyl (C=O) groups excluding carboxylic acids is 4. The van der Waals surface area contributed by atoms with Gasteiger partial charge in [0.15, 0.2) is 0 Å². The van der Waals surface area contributed by atoms with Crippen LogP contribution in [0.5, 0.6) is 0 Å². The summed E-state index contributed by atoms with van der Waals surface area (Å²) in [5.41, 5.74) is 1.44. The molecule has 1 fully saturated rings. The summed E-state index contributed by atoms with van der Waals surface area (Å²) in [6, 6.07) is 4.91. The van der Waals surface area contributed by atoms with E-state index in [0.717, 1.165) is 10.5 Å². The minimum Gasteiger partial charge on any atom is -0.467 e. The van der Waals surface area contributed by atoms with Gasteiger partial charge in [0.05, 0.1) is 13.2 Å². The molecule has 1 saturated heterocycles. The predicted molar refractivity (Wildman–Crippen MR) is 132 cm³/mol. The van der Waals surface area contributed by atoms with Gasteiger partial charge in [0.2, 0.25) is 11.8 Å². The van der Waals surface area contributed by atoms with E-state index >= 15 is 0 Å². The number of anilines is 1. The summed E-state index contributed by atoms with van der Waals surface area (Å²) in [6.07, 6.45) is 3.63. The Bertz CT molecular complexity index is 945. The molecule has 4 amide bonds. The van der Waals surface area contributed by atoms with Gasteiger partial charge >= 0.3 is 12.0 Å². The lowest BCUT2D eigenvalue weighted by molar-refractivity contribution is -0.147. The summed E-state index contributed by atoms with van der Waals surface area (Å²) in [5, 5.41) is 8.36. The van der Waals surface area contributed by atoms with Gasteiger partial charge in [0.1, 0.15) is 12.1 Å². The molecule has 9 nitrogen and oxygen atoms in total. The molecule has 0 radical (unpaired) electrons. The molecule has 1 aliphatic heterocycles. The molecule has 1 heterocycles. The molecule has 1 aromatic rings. The summed E-state index contributed by atoms with van der Waals surface area (Å²) in [4.78, 5) is 53.1. The molecule has 3 N–H and O–H groups in total. The van der Waals surface area contributed by atoms with E-state index in [1.54, 1.807) is 45.5 Å². The lowest BCUT2D eigenvalue weighted by Crippen LogP contribution is -2.52. The van der Waals surface area contributed by atoms with Crippen molar-refractivity contribution in [2.24, 2.45) is 5.92 Å². The third kappa shape index (κ3) is 7.51. The number of methoxy groups -OCH3 is 1. The van der Waals surface area contributed by atoms with Crippen LogP contribution in [0, 0.1) is 5.92 Å². The number of allylic oxidation sites excluding steroid dienone is 1. The molecule has 0 unspecified atom stereocenters. The number of urea groups is 1. The number of hydrogen-bond acceptors (Lipinski definition) is 6. The Morgan fingerprint density at radius 1 is 1.21 bits per heavy atom. The molecule has 0 aromatic heterocycles. The molecule has 0 spiro atoms. The molecule has 34 heavy (non-hydrogen) atoms. The number of amides is 4. The van der Waals surface area contributed by atoms with Gasteiger partial charge in [-0.2, -0.15) is 0 Å². The number of ether oxygens (including phenoxy) is 1. The molecule has 0 aliphatic carbocycles. The molecule has 1 aliphatic rings. The van der Waals surface area contributed by atoms with Crippen molar-refractivity contribution >= 4 is 41.3 Å². The first-order valence-corrected chi connectivity index (χ1v) is 12.3. The van der Waals surface area contributed by atoms with Crippen molar-refractivity contribution in [1.82, 2.24) is 15.5 Å². The molecule has 0 bridgehead atoms. The van der Waals surface area contributed by atoms with Gasteiger partial charge in [0, 0.05) is 23.2 Å². The second kappa shape index (κ2) is 12.5. The molecule has 0 saturated carbocycles. The Morgan fingerprint density at radius 3 is 2.50 bits per heavy atom. The normalized spacial score (nSPS) is 18.1. The fourth-order valence-corrected chi connectivity index (χ4v) is 4.15. The number of likely N-dealkylation sites (tertiary alicyclic amines) is 1. The van der Waals surface area contributed by atoms with E-state index in [-0.39, 0.29) is 24.8 Å². The average molecular weight is 491 g/mol. The van der Waals surface area contributed by atoms with Crippen molar-refractivity contribution in [3.63, 3.8) is 0 Å². The number of hydrogen-bond donors (Lipinski definition) is 3. The highest BCUT2D eigenvalue weighted by Gasteiger charge is 2.41. The van der Waals surface area contributed by atoms with Crippen molar-refractivity contribution in [2.75, 3.05) is 25.2 Å². The van der Waals surface area contributed by atoms with Crippen LogP contribution in [0.25, 0.3) is 0 Å². The van der Waals surface area contributed by atoms with Crippen molar-refractivity contribution in [1.29, 1.82) is 0 Å². The van der Waals surface area contributed by atoms with E-state index in [9.17, 15) is 19.2 Å². The van der Waals surface area contributed by atoms with Gasteiger partial charge in [-0.05, 0) is 50.6 Å². The lowest BCUT2D eigenvalue weighted by atomic mass is 10.0. The number of carbonyl (C=O) groups is 4. The topological polar surface area (TPSA) is 117 Å². The Labute approximate surface area is 205 Å². The van der Waals surface area contributed by atoms with Gasteiger partial charge in [-0.15, -0.1) is 11.8 Å². The van der Waals surface area contributed by atoms with E-state index in [4.69, 9.17) is 4.74 Å². The lowest BCUT2D eigenvalue weighted by Gasteiger charge is -2.26. The molecule has 186 valence electrons. The highest BCUT2D eigenvalue weighted by molar-refractivity contribution is 7.98. The quantitative estimate of drug-likeness (QED) is 0.293. The fourth-order valence-electron chi connectivity index (χ4n) is 3.69. The molecule has 3 atom stereocenters. The second-order valence-electron chi connectivity index (χ2n) is 8.74. The minimum atomic E-state index is -0.836. The number of benzene rings is 1. The number of rotatable bonds is 8. The third-order valence-corrected chi connectivity index (χ3v) is 6.11. The largest absolute Gasteiger partial charge is 0.467 e. The maximum atomic E-state index is 13.1. The molecular weight excluding hydrogens is 456 g/mol. The Kier molecular flexibility index (Phi) is 9.97. The Morgan fingerprint density at radius 2 is 1.91 bits per heavy atom. The fraction of sp³-hybridized carbons (Fsp3) is 0.500. The predicted octanol–water partition coefficient (Wildman–Crippen LogP) is 2.78. The van der Waals surface area contributed by atoms with Crippen molar-refractivity contribution in [2.45, 2.75) is 57.1 Å². The SMILES string of the molecule is COC(=O)[C@H](NC(=O)[C@@H]1C[C@H](NC(=O)Nc2cccc(SC)c2)CN1C(=O)C=C(C)C)C(C)C. The number of nitrogens with zero attached hydrogens (tertiary/aromatic N) is 1. The number of nitrogens with one attached hydrogen (secondary N) is 3. The van der Waals surface area contributed by atoms with Crippen LogP contribution < -0.4 is 16.0 Å². The Balaban J connectivity index is 2.14. The highest BCUT2D eigenvalue weighted by atomic mass is 32.2. The van der Waals surface area contributed by atoms with Crippen LogP contribution in [0.2, 0.25) is 0 Å². The standard InChI is InChI=1S/C24H34N4O5S/c1-14(2)10-20(29)28-13-17(26-24(32)25-16-8-7-9-18(11-16)34-6)12-19(28)22(30)27-21(15(3)4)23(31)33-5/h7-11,15,17,19,21H,12-13H2,1-6H3,(H,27,30)(H2,25,26,32)/t17-,19-,21+/m0/s1. The summed E-state index contributed by atoms with van der Waals surface area (Å²) >= 11 is 1.57. The zero-order valence-corrected chi connectivity index (χ0v) is 21.3. The monoisotopic (exact) mass is 490 g/mol. The van der Waals surface area contributed by atoms with Crippen molar-refractivity contribution in [3.05, 3.63) is 35.9 Å². The van der Waals surface area contributed by atoms with Crippen LogP contribution in [0.1, 0.15) is 34.1 Å². The van der Waals surface area contributed by atoms with E-state index in [0.29, 0.717) is 5.69 Å². The molecule has 1 aromatic carbocycles. The first kappa shape index (κ1) is 27.2. The van der Waals surface area contributed by atoms with E-state index in [1.807, 2.05) is 24.5 Å². The van der Waals surface area contributed by atoms with Crippen LogP contribution in [0.3, 0.4) is 0 Å². The van der Waals surface area contributed by atoms with Crippen LogP contribution in [0.15, 0.2) is 40.8 Å². The van der Waals surface area contributed by atoms with Crippen LogP contribution in [-0.4, -0.2) is 66.8 Å². The summed E-state index contributed by atoms with van der Waals surface area (Å²) < 4.78 is 4.80. The van der Waals surface area contributed by atoms with Gasteiger partial charge in [-0.1, -0.05) is 25.5 Å². The summed E-state index contributed by atoms with van der Waals surface area (Å²) in [6.45, 7) is 7.35. The second-order valence-corrected chi connectivity index (χ2v) is 9.62. The van der Waals surface area contributed by atoms with Crippen LogP contribution in [0.4, 0.5) is 10.5 Å². The first-order valence-electron chi connectivity index (χ1n) is 11.1.